The molecule has 0 fully saturated rings. The van der Waals surface area contributed by atoms with E-state index in [2.05, 4.69) is 6.92 Å². The minimum Gasteiger partial charge on any atom is -0.353 e. The van der Waals surface area contributed by atoms with Gasteiger partial charge >= 0.3 is 0 Å². The third kappa shape index (κ3) is 5.22. The van der Waals surface area contributed by atoms with Crippen LogP contribution < -0.4 is 0 Å². The first-order chi connectivity index (χ1) is 9.80. The molecule has 120 valence electrons. The number of carbonyl (C=O) groups is 2. The van der Waals surface area contributed by atoms with Gasteiger partial charge in [0, 0.05) is 31.7 Å². The van der Waals surface area contributed by atoms with E-state index in [9.17, 15) is 9.59 Å². The summed E-state index contributed by atoms with van der Waals surface area (Å²) in [5, 5.41) is 0. The van der Waals surface area contributed by atoms with Gasteiger partial charge in [-0.15, -0.1) is 0 Å². The number of amides is 2. The van der Waals surface area contributed by atoms with Gasteiger partial charge in [-0.25, -0.2) is 9.78 Å². The number of carbonyl (C=O) groups excluding carboxylic acids is 2. The Balaban J connectivity index is 2.42. The molecule has 6 nitrogen and oxygen atoms in total. The molecule has 2 amide bonds. The molecule has 0 aliphatic carbocycles. The van der Waals surface area contributed by atoms with E-state index in [1.165, 1.54) is 18.1 Å². The molecule has 21 heavy (non-hydrogen) atoms. The fourth-order valence-electron chi connectivity index (χ4n) is 2.12. The van der Waals surface area contributed by atoms with Crippen LogP contribution >= 0.6 is 0 Å². The lowest BCUT2D eigenvalue weighted by molar-refractivity contribution is -0.417. The average Bonchev–Trinajstić information content (AvgIpc) is 2.64. The van der Waals surface area contributed by atoms with Gasteiger partial charge in [-0.2, -0.15) is 0 Å². The van der Waals surface area contributed by atoms with E-state index < -0.39 is 11.9 Å². The van der Waals surface area contributed by atoms with Crippen LogP contribution in [0.2, 0.25) is 0 Å². The van der Waals surface area contributed by atoms with E-state index in [1.54, 1.807) is 6.92 Å². The highest BCUT2D eigenvalue weighted by Gasteiger charge is 2.29. The second-order valence-corrected chi connectivity index (χ2v) is 5.77. The first kappa shape index (κ1) is 17.8. The predicted molar refractivity (Wildman–Crippen MR) is 77.0 cm³/mol. The van der Waals surface area contributed by atoms with Crippen LogP contribution in [-0.4, -0.2) is 42.3 Å². The van der Waals surface area contributed by atoms with Crippen molar-refractivity contribution < 1.29 is 24.1 Å². The van der Waals surface area contributed by atoms with E-state index in [-0.39, 0.29) is 18.4 Å². The Bertz CT molecular complexity index is 416. The van der Waals surface area contributed by atoms with Crippen LogP contribution in [0.4, 0.5) is 0 Å². The van der Waals surface area contributed by atoms with Crippen LogP contribution in [0.25, 0.3) is 0 Å². The number of hydrogen-bond donors (Lipinski definition) is 0. The first-order valence-electron chi connectivity index (χ1n) is 7.22. The molecule has 0 radical (unpaired) electrons. The van der Waals surface area contributed by atoms with Crippen LogP contribution in [0, 0.1) is 0 Å². The number of hydrogen-bond acceptors (Lipinski definition) is 5. The van der Waals surface area contributed by atoms with Crippen molar-refractivity contribution in [3.63, 3.8) is 0 Å². The molecule has 1 atom stereocenters. The topological polar surface area (TPSA) is 65.1 Å². The summed E-state index contributed by atoms with van der Waals surface area (Å²) in [6, 6.07) is 0. The zero-order valence-corrected chi connectivity index (χ0v) is 13.5. The van der Waals surface area contributed by atoms with Crippen molar-refractivity contribution in [3.8, 4) is 0 Å². The van der Waals surface area contributed by atoms with Crippen molar-refractivity contribution in [2.75, 3.05) is 13.7 Å². The highest BCUT2D eigenvalue weighted by atomic mass is 17.2. The zero-order valence-electron chi connectivity index (χ0n) is 13.5. The van der Waals surface area contributed by atoms with Gasteiger partial charge in [0.2, 0.25) is 0 Å². The van der Waals surface area contributed by atoms with Crippen molar-refractivity contribution in [2.24, 2.45) is 0 Å². The third-order valence-electron chi connectivity index (χ3n) is 3.27. The van der Waals surface area contributed by atoms with Crippen molar-refractivity contribution in [2.45, 2.75) is 58.8 Å². The van der Waals surface area contributed by atoms with Crippen molar-refractivity contribution >= 4 is 11.8 Å². The highest BCUT2D eigenvalue weighted by molar-refractivity contribution is 6.15. The number of ether oxygens (including phenoxy) is 1. The smallest absolute Gasteiger partial charge is 0.256 e. The molecule has 0 bridgehead atoms. The van der Waals surface area contributed by atoms with Gasteiger partial charge in [0.1, 0.15) is 0 Å². The van der Waals surface area contributed by atoms with Crippen LogP contribution in [0.15, 0.2) is 11.6 Å². The van der Waals surface area contributed by atoms with Crippen molar-refractivity contribution in [1.29, 1.82) is 0 Å². The van der Waals surface area contributed by atoms with Gasteiger partial charge < -0.3 is 4.74 Å². The molecule has 1 unspecified atom stereocenters. The van der Waals surface area contributed by atoms with E-state index in [0.717, 1.165) is 12.8 Å². The van der Waals surface area contributed by atoms with E-state index in [0.29, 0.717) is 12.0 Å². The molecule has 0 aromatic carbocycles. The first-order valence-corrected chi connectivity index (χ1v) is 7.22. The second kappa shape index (κ2) is 7.68. The second-order valence-electron chi connectivity index (χ2n) is 5.77. The third-order valence-corrected chi connectivity index (χ3v) is 3.27. The van der Waals surface area contributed by atoms with Gasteiger partial charge in [0.25, 0.3) is 11.8 Å². The lowest BCUT2D eigenvalue weighted by atomic mass is 10.0. The minimum atomic E-state index is -0.623. The van der Waals surface area contributed by atoms with Crippen molar-refractivity contribution in [1.82, 2.24) is 4.90 Å². The fraction of sp³-hybridized carbons (Fsp3) is 0.733. The maximum absolute atomic E-state index is 11.7. The lowest BCUT2D eigenvalue weighted by Gasteiger charge is -2.26. The Kier molecular flexibility index (Phi) is 6.51. The summed E-state index contributed by atoms with van der Waals surface area (Å²) in [7, 11) is 1.50. The molecule has 0 spiro atoms. The molecular weight excluding hydrogens is 274 g/mol. The van der Waals surface area contributed by atoms with Crippen LogP contribution in [0.1, 0.15) is 47.0 Å². The Morgan fingerprint density at radius 1 is 1.33 bits per heavy atom. The average molecular weight is 299 g/mol. The Morgan fingerprint density at radius 2 is 2.00 bits per heavy atom. The van der Waals surface area contributed by atoms with Gasteiger partial charge in [0.05, 0.1) is 5.60 Å². The molecule has 1 aliphatic rings. The van der Waals surface area contributed by atoms with E-state index >= 15 is 0 Å². The summed E-state index contributed by atoms with van der Waals surface area (Å²) in [6.07, 6.45) is 2.91. The standard InChI is InChI=1S/C15H25NO5/c1-6-8-15(3,4)21-20-13(19-5)7-9-16-12(17)10-11(2)14(16)18/h10,13H,6-9H2,1-5H3. The minimum absolute atomic E-state index is 0.238. The molecule has 0 aromatic heterocycles. The molecule has 6 heteroatoms. The number of imide groups is 1. The highest BCUT2D eigenvalue weighted by Crippen LogP contribution is 2.19. The van der Waals surface area contributed by atoms with Gasteiger partial charge in [-0.3, -0.25) is 14.5 Å². The monoisotopic (exact) mass is 299 g/mol. The summed E-state index contributed by atoms with van der Waals surface area (Å²) in [5.41, 5.74) is 0.0541. The summed E-state index contributed by atoms with van der Waals surface area (Å²) in [4.78, 5) is 35.2. The zero-order chi connectivity index (χ0) is 16.0. The fourth-order valence-corrected chi connectivity index (χ4v) is 2.12. The number of methoxy groups -OCH3 is 1. The van der Waals surface area contributed by atoms with Gasteiger partial charge in [-0.05, 0) is 27.2 Å². The summed E-state index contributed by atoms with van der Waals surface area (Å²) < 4.78 is 5.17. The quantitative estimate of drug-likeness (QED) is 0.282. The van der Waals surface area contributed by atoms with Crippen LogP contribution in [0.5, 0.6) is 0 Å². The molecule has 0 saturated heterocycles. The molecule has 0 saturated carbocycles. The molecule has 1 aliphatic heterocycles. The van der Waals surface area contributed by atoms with Crippen LogP contribution in [0.3, 0.4) is 0 Å². The maximum Gasteiger partial charge on any atom is 0.256 e. The molecule has 1 heterocycles. The van der Waals surface area contributed by atoms with Crippen molar-refractivity contribution in [3.05, 3.63) is 11.6 Å². The number of rotatable bonds is 9. The molecule has 0 N–H and O–H groups in total. The van der Waals surface area contributed by atoms with Crippen LogP contribution in [-0.2, 0) is 24.1 Å². The normalized spacial score (nSPS) is 17.4. The molecule has 1 rings (SSSR count). The summed E-state index contributed by atoms with van der Waals surface area (Å²) in [6.45, 7) is 7.80. The van der Waals surface area contributed by atoms with Gasteiger partial charge in [-0.1, -0.05) is 13.3 Å². The molecular formula is C15H25NO5. The Hall–Kier alpha value is -1.24. The maximum atomic E-state index is 11.7. The lowest BCUT2D eigenvalue weighted by Crippen LogP contribution is -2.35. The van der Waals surface area contributed by atoms with E-state index in [4.69, 9.17) is 14.5 Å². The van der Waals surface area contributed by atoms with E-state index in [1.807, 2.05) is 13.8 Å². The Labute approximate surface area is 126 Å². The predicted octanol–water partition coefficient (Wildman–Crippen LogP) is 2.19. The largest absolute Gasteiger partial charge is 0.353 e. The van der Waals surface area contributed by atoms with Gasteiger partial charge in [0.15, 0.2) is 6.29 Å². The summed E-state index contributed by atoms with van der Waals surface area (Å²) >= 11 is 0. The summed E-state index contributed by atoms with van der Waals surface area (Å²) in [5.74, 6) is -0.554. The molecule has 0 aromatic rings. The SMILES string of the molecule is CCCC(C)(C)OOC(CCN1C(=O)C=C(C)C1=O)OC. The Morgan fingerprint density at radius 3 is 2.48 bits per heavy atom. The number of nitrogens with zero attached hydrogens (tertiary/aromatic N) is 1.